The van der Waals surface area contributed by atoms with Crippen molar-refractivity contribution in [1.82, 2.24) is 0 Å². The highest BCUT2D eigenvalue weighted by atomic mass is 35.5. The van der Waals surface area contributed by atoms with Crippen molar-refractivity contribution in [3.8, 4) is 17.2 Å². The highest BCUT2D eigenvalue weighted by Gasteiger charge is 2.31. The van der Waals surface area contributed by atoms with E-state index >= 15 is 0 Å². The molecule has 252 valence electrons. The Morgan fingerprint density at radius 3 is 2.42 bits per heavy atom. The molecule has 1 heterocycles. The van der Waals surface area contributed by atoms with Crippen LogP contribution in [0.4, 0.5) is 10.5 Å². The average molecular weight is 671 g/mol. The molecule has 6 atom stereocenters. The molecule has 2 rings (SSSR count). The first-order valence-corrected chi connectivity index (χ1v) is 16.2. The van der Waals surface area contributed by atoms with E-state index < -0.39 is 42.3 Å². The highest BCUT2D eigenvalue weighted by molar-refractivity contribution is 7.99. The van der Waals surface area contributed by atoms with Gasteiger partial charge in [0.25, 0.3) is 5.91 Å². The number of methoxy groups -OCH3 is 3. The molecule has 45 heavy (non-hydrogen) atoms. The van der Waals surface area contributed by atoms with Gasteiger partial charge >= 0.3 is 6.09 Å². The maximum Gasteiger partial charge on any atom is 0.405 e. The molecule has 0 aromatic heterocycles. The number of fused-ring (bicyclic) bond motifs is 2. The Morgan fingerprint density at radius 2 is 1.84 bits per heavy atom. The summed E-state index contributed by atoms with van der Waals surface area (Å²) in [4.78, 5) is 25.4. The van der Waals surface area contributed by atoms with Crippen molar-refractivity contribution in [2.24, 2.45) is 17.6 Å². The fraction of sp³-hybridized carbons (Fsp3) is 0.562. The number of aromatic hydroxyl groups is 2. The van der Waals surface area contributed by atoms with Gasteiger partial charge in [-0.05, 0) is 50.4 Å². The second-order valence-corrected chi connectivity index (χ2v) is 12.6. The number of nitrogens with two attached hydrogens (primary N) is 1. The fourth-order valence-corrected chi connectivity index (χ4v) is 6.53. The van der Waals surface area contributed by atoms with Crippen molar-refractivity contribution in [3.05, 3.63) is 41.0 Å². The fourth-order valence-electron chi connectivity index (χ4n) is 5.22. The second kappa shape index (κ2) is 18.3. The molecule has 1 aromatic carbocycles. The molecule has 13 heteroatoms. The second-order valence-electron chi connectivity index (χ2n) is 11.1. The van der Waals surface area contributed by atoms with Crippen LogP contribution in [-0.2, 0) is 25.4 Å². The van der Waals surface area contributed by atoms with Gasteiger partial charge in [0.15, 0.2) is 17.6 Å². The number of hydrogen-bond acceptors (Lipinski definition) is 10. The van der Waals surface area contributed by atoms with E-state index in [-0.39, 0.29) is 45.7 Å². The number of nitrogens with one attached hydrogen (secondary N) is 1. The lowest BCUT2D eigenvalue weighted by Crippen LogP contribution is -2.37. The third-order valence-corrected chi connectivity index (χ3v) is 9.07. The molecule has 0 saturated heterocycles. The summed E-state index contributed by atoms with van der Waals surface area (Å²) in [6.45, 7) is 7.07. The van der Waals surface area contributed by atoms with E-state index in [9.17, 15) is 24.9 Å². The molecule has 0 radical (unpaired) electrons. The lowest BCUT2D eigenvalue weighted by molar-refractivity contribution is -0.112. The van der Waals surface area contributed by atoms with E-state index in [1.165, 1.54) is 39.2 Å². The molecule has 1 aromatic rings. The van der Waals surface area contributed by atoms with Crippen molar-refractivity contribution in [2.45, 2.75) is 76.3 Å². The van der Waals surface area contributed by atoms with Gasteiger partial charge in [-0.15, -0.1) is 23.4 Å². The van der Waals surface area contributed by atoms with Crippen LogP contribution in [0.5, 0.6) is 17.2 Å². The molecule has 0 spiro atoms. The highest BCUT2D eigenvalue weighted by Crippen LogP contribution is 2.51. The predicted octanol–water partition coefficient (Wildman–Crippen LogP) is 5.29. The molecule has 11 nitrogen and oxygen atoms in total. The molecule has 1 aliphatic heterocycles. The van der Waals surface area contributed by atoms with Gasteiger partial charge in [-0.2, -0.15) is 0 Å². The number of benzene rings is 1. The van der Waals surface area contributed by atoms with Crippen molar-refractivity contribution in [2.75, 3.05) is 38.3 Å². The number of thioether (sulfide) groups is 1. The van der Waals surface area contributed by atoms with Crippen LogP contribution < -0.4 is 15.8 Å². The SMILES string of the molecule is COc1c(O)c(SCCCCl)c2c(O)c1C[C@@H](C)C[C@H](OC)[C@H](O)[C@@H](C)/C=C(\C)[C@H](OC(N)=O)[C@@H](OC)/C=C\C=C(/C)C(=O)N2. The number of primary amides is 1. The summed E-state index contributed by atoms with van der Waals surface area (Å²) >= 11 is 7.11. The molecule has 2 bridgehead atoms. The smallest absolute Gasteiger partial charge is 0.405 e. The number of halogens is 1. The van der Waals surface area contributed by atoms with Crippen molar-refractivity contribution in [3.63, 3.8) is 0 Å². The van der Waals surface area contributed by atoms with Gasteiger partial charge in [-0.25, -0.2) is 4.79 Å². The number of carbonyl (C=O) groups excluding carboxylic acids is 2. The number of hydrogen-bond donors (Lipinski definition) is 5. The molecule has 1 aliphatic rings. The van der Waals surface area contributed by atoms with Crippen LogP contribution in [0.25, 0.3) is 0 Å². The molecule has 0 saturated carbocycles. The van der Waals surface area contributed by atoms with Gasteiger partial charge in [-0.1, -0.05) is 38.2 Å². The van der Waals surface area contributed by atoms with Gasteiger partial charge in [0, 0.05) is 37.2 Å². The zero-order valence-electron chi connectivity index (χ0n) is 27.0. The quantitative estimate of drug-likeness (QED) is 0.0612. The molecule has 0 aliphatic carbocycles. The normalized spacial score (nSPS) is 28.2. The minimum atomic E-state index is -0.996. The number of rotatable bonds is 8. The van der Waals surface area contributed by atoms with E-state index in [2.05, 4.69) is 5.32 Å². The van der Waals surface area contributed by atoms with Gasteiger partial charge in [0.2, 0.25) is 0 Å². The van der Waals surface area contributed by atoms with Crippen LogP contribution in [0, 0.1) is 11.8 Å². The van der Waals surface area contributed by atoms with Gasteiger partial charge < -0.3 is 45.3 Å². The summed E-state index contributed by atoms with van der Waals surface area (Å²) in [5.41, 5.74) is 6.60. The Balaban J connectivity index is 2.75. The first-order valence-electron chi connectivity index (χ1n) is 14.7. The number of aliphatic hydroxyl groups is 1. The minimum absolute atomic E-state index is 0.0520. The van der Waals surface area contributed by atoms with E-state index in [1.54, 1.807) is 32.1 Å². The van der Waals surface area contributed by atoms with Crippen LogP contribution in [0.1, 0.15) is 46.1 Å². The Morgan fingerprint density at radius 1 is 1.16 bits per heavy atom. The molecule has 0 unspecified atom stereocenters. The number of ether oxygens (including phenoxy) is 4. The summed E-state index contributed by atoms with van der Waals surface area (Å²) in [7, 11) is 4.35. The van der Waals surface area contributed by atoms with Crippen LogP contribution in [-0.4, -0.2) is 84.7 Å². The summed E-state index contributed by atoms with van der Waals surface area (Å²) in [5, 5.41) is 36.9. The van der Waals surface area contributed by atoms with Crippen molar-refractivity contribution < 1.29 is 43.9 Å². The largest absolute Gasteiger partial charge is 0.505 e. The van der Waals surface area contributed by atoms with Crippen LogP contribution >= 0.6 is 23.4 Å². The minimum Gasteiger partial charge on any atom is -0.505 e. The molecule has 6 N–H and O–H groups in total. The van der Waals surface area contributed by atoms with E-state index in [0.717, 1.165) is 0 Å². The molecular weight excluding hydrogens is 624 g/mol. The Bertz CT molecular complexity index is 1270. The molecular formula is C32H47ClN2O9S. The van der Waals surface area contributed by atoms with Gasteiger partial charge in [-0.3, -0.25) is 4.79 Å². The van der Waals surface area contributed by atoms with Gasteiger partial charge in [0.05, 0.1) is 24.2 Å². The predicted molar refractivity (Wildman–Crippen MR) is 176 cm³/mol. The Kier molecular flexibility index (Phi) is 15.6. The van der Waals surface area contributed by atoms with Crippen molar-refractivity contribution in [1.29, 1.82) is 0 Å². The number of carbonyl (C=O) groups is 2. The standard InChI is InChI=1S/C32H47ClN2O9S/c1-17-14-21-26(37)24(30(45-13-9-12-33)27(38)29(21)43-7)35-31(39)18(2)10-8-11-22(41-5)28(44-32(34)40)20(4)16-19(3)25(36)23(15-17)42-6/h8,10-11,16-17,19,22-23,25,28,36-38H,9,12-15H2,1-7H3,(H2,34,40)(H,35,39)/b11-8-,18-10+,20-16+/t17-,19+,22+,23+,25-,28+/m1/s1. The number of anilines is 1. The molecule has 0 fully saturated rings. The topological polar surface area (TPSA) is 170 Å². The van der Waals surface area contributed by atoms with E-state index in [0.29, 0.717) is 35.6 Å². The number of allylic oxidation sites excluding steroid dienone is 2. The van der Waals surface area contributed by atoms with Crippen LogP contribution in [0.15, 0.2) is 40.3 Å². The lowest BCUT2D eigenvalue weighted by Gasteiger charge is -2.29. The Hall–Kier alpha value is -2.90. The zero-order valence-corrected chi connectivity index (χ0v) is 28.5. The maximum absolute atomic E-state index is 13.4. The summed E-state index contributed by atoms with van der Waals surface area (Å²) < 4.78 is 22.3. The van der Waals surface area contributed by atoms with Gasteiger partial charge in [0.1, 0.15) is 17.5 Å². The van der Waals surface area contributed by atoms with Crippen LogP contribution in [0.2, 0.25) is 0 Å². The van der Waals surface area contributed by atoms with Crippen LogP contribution in [0.3, 0.4) is 0 Å². The summed E-state index contributed by atoms with van der Waals surface area (Å²) in [6, 6.07) is 0. The summed E-state index contributed by atoms with van der Waals surface area (Å²) in [5.74, 6) is -0.570. The number of aliphatic hydroxyl groups excluding tert-OH is 1. The zero-order chi connectivity index (χ0) is 33.8. The maximum atomic E-state index is 13.4. The summed E-state index contributed by atoms with van der Waals surface area (Å²) in [6.07, 6.45) is 3.47. The monoisotopic (exact) mass is 670 g/mol. The third-order valence-electron chi connectivity index (χ3n) is 7.62. The van der Waals surface area contributed by atoms with E-state index in [1.807, 2.05) is 13.8 Å². The van der Waals surface area contributed by atoms with E-state index in [4.69, 9.17) is 36.3 Å². The Labute approximate surface area is 274 Å². The first kappa shape index (κ1) is 38.3. The van der Waals surface area contributed by atoms with Crippen molar-refractivity contribution >= 4 is 41.1 Å². The first-order chi connectivity index (χ1) is 21.3. The number of amides is 2. The average Bonchev–Trinajstić information content (AvgIpc) is 2.99. The number of phenols is 2. The lowest BCUT2D eigenvalue weighted by atomic mass is 9.87. The number of phenolic OH excluding ortho intramolecular Hbond substituents is 2. The number of alkyl halides is 1. The third kappa shape index (κ3) is 10.3. The molecule has 2 amide bonds.